The van der Waals surface area contributed by atoms with Gasteiger partial charge in [-0.2, -0.15) is 4.98 Å². The number of hydrogen-bond donors (Lipinski definition) is 1. The third-order valence-corrected chi connectivity index (χ3v) is 9.36. The van der Waals surface area contributed by atoms with E-state index in [4.69, 9.17) is 0 Å². The van der Waals surface area contributed by atoms with E-state index >= 15 is 0 Å². The summed E-state index contributed by atoms with van der Waals surface area (Å²) in [6, 6.07) is 7.92. The van der Waals surface area contributed by atoms with E-state index in [2.05, 4.69) is 32.3 Å². The highest BCUT2D eigenvalue weighted by molar-refractivity contribution is 8.00. The number of benzene rings is 1. The Kier molecular flexibility index (Phi) is 6.09. The zero-order chi connectivity index (χ0) is 24.9. The first-order valence-corrected chi connectivity index (χ1v) is 14.0. The van der Waals surface area contributed by atoms with Gasteiger partial charge >= 0.3 is 0 Å². The van der Waals surface area contributed by atoms with Crippen LogP contribution in [0.2, 0.25) is 0 Å². The number of carbonyl (C=O) groups is 1. The van der Waals surface area contributed by atoms with Gasteiger partial charge in [0.1, 0.15) is 5.82 Å². The second-order valence-corrected chi connectivity index (χ2v) is 12.3. The molecule has 9 heteroatoms. The van der Waals surface area contributed by atoms with Crippen LogP contribution in [0.5, 0.6) is 0 Å². The third-order valence-electron chi connectivity index (χ3n) is 8.02. The summed E-state index contributed by atoms with van der Waals surface area (Å²) in [4.78, 5) is 27.9. The van der Waals surface area contributed by atoms with Crippen LogP contribution in [-0.2, 0) is 0 Å². The molecule has 2 saturated carbocycles. The van der Waals surface area contributed by atoms with E-state index in [-0.39, 0.29) is 31.8 Å². The quantitative estimate of drug-likeness (QED) is 0.518. The van der Waals surface area contributed by atoms with Crippen LogP contribution in [0, 0.1) is 12.3 Å². The summed E-state index contributed by atoms with van der Waals surface area (Å²) < 4.78 is 27.2. The molecule has 192 valence electrons. The van der Waals surface area contributed by atoms with Gasteiger partial charge in [-0.15, -0.1) is 11.8 Å². The lowest BCUT2D eigenvalue weighted by atomic mass is 9.93. The van der Waals surface area contributed by atoms with Gasteiger partial charge in [-0.25, -0.2) is 13.8 Å². The average Bonchev–Trinajstić information content (AvgIpc) is 3.78. The van der Waals surface area contributed by atoms with E-state index in [1.54, 1.807) is 11.0 Å². The Morgan fingerprint density at radius 2 is 1.67 bits per heavy atom. The molecule has 2 saturated heterocycles. The zero-order valence-corrected chi connectivity index (χ0v) is 21.5. The van der Waals surface area contributed by atoms with E-state index in [0.717, 1.165) is 18.8 Å². The number of piperidine rings is 2. The van der Waals surface area contributed by atoms with E-state index in [9.17, 15) is 13.6 Å². The lowest BCUT2D eigenvalue weighted by Gasteiger charge is -2.35. The average molecular weight is 514 g/mol. The van der Waals surface area contributed by atoms with Gasteiger partial charge in [-0.3, -0.25) is 4.79 Å². The molecular formula is C27H33F2N5OS. The molecule has 2 aliphatic heterocycles. The van der Waals surface area contributed by atoms with E-state index in [1.165, 1.54) is 43.4 Å². The Labute approximate surface area is 215 Å². The number of carbonyl (C=O) groups excluding carboxylic acids is 1. The third kappa shape index (κ3) is 5.31. The Balaban J connectivity index is 1.22. The number of aromatic nitrogens is 2. The summed E-state index contributed by atoms with van der Waals surface area (Å²) >= 11 is 1.91. The van der Waals surface area contributed by atoms with E-state index < -0.39 is 5.92 Å². The molecule has 1 N–H and O–H groups in total. The fourth-order valence-corrected chi connectivity index (χ4v) is 6.37. The Hall–Kier alpha value is -2.42. The molecule has 0 unspecified atom stereocenters. The molecule has 6 nitrogen and oxygen atoms in total. The molecular weight excluding hydrogens is 480 g/mol. The minimum Gasteiger partial charge on any atom is -0.371 e. The molecule has 0 atom stereocenters. The maximum atomic E-state index is 13.6. The molecule has 1 amide bonds. The predicted molar refractivity (Wildman–Crippen MR) is 140 cm³/mol. The van der Waals surface area contributed by atoms with Gasteiger partial charge in [0.05, 0.1) is 11.3 Å². The Morgan fingerprint density at radius 3 is 2.33 bits per heavy atom. The number of thioether (sulfide) groups is 1. The van der Waals surface area contributed by atoms with Gasteiger partial charge in [-0.1, -0.05) is 0 Å². The first kappa shape index (κ1) is 23.9. The van der Waals surface area contributed by atoms with Crippen molar-refractivity contribution in [1.82, 2.24) is 9.97 Å². The molecule has 36 heavy (non-hydrogen) atoms. The number of halogens is 2. The van der Waals surface area contributed by atoms with Gasteiger partial charge < -0.3 is 15.1 Å². The van der Waals surface area contributed by atoms with Crippen LogP contribution in [0.15, 0.2) is 29.2 Å². The second-order valence-electron chi connectivity index (χ2n) is 11.0. The number of anilines is 3. The van der Waals surface area contributed by atoms with Crippen molar-refractivity contribution in [2.24, 2.45) is 5.41 Å². The minimum atomic E-state index is -2.63. The molecule has 2 aliphatic carbocycles. The van der Waals surface area contributed by atoms with Crippen molar-refractivity contribution in [3.8, 4) is 0 Å². The number of alkyl halides is 2. The van der Waals surface area contributed by atoms with Gasteiger partial charge in [0.25, 0.3) is 11.8 Å². The van der Waals surface area contributed by atoms with Crippen LogP contribution in [0.25, 0.3) is 0 Å². The van der Waals surface area contributed by atoms with Crippen molar-refractivity contribution in [1.29, 1.82) is 0 Å². The smallest absolute Gasteiger partial charge is 0.258 e. The molecule has 1 aromatic heterocycles. The van der Waals surface area contributed by atoms with Crippen LogP contribution >= 0.6 is 11.8 Å². The summed E-state index contributed by atoms with van der Waals surface area (Å²) in [6.07, 6.45) is 7.17. The summed E-state index contributed by atoms with van der Waals surface area (Å²) in [6.45, 7) is 4.19. The molecule has 0 radical (unpaired) electrons. The maximum Gasteiger partial charge on any atom is 0.258 e. The van der Waals surface area contributed by atoms with Crippen LogP contribution in [0.1, 0.15) is 67.4 Å². The van der Waals surface area contributed by atoms with Crippen molar-refractivity contribution in [3.05, 3.63) is 35.5 Å². The number of hydrogen-bond acceptors (Lipinski definition) is 6. The SMILES string of the molecule is Cc1cc(NC(=O)c2ccc(SC3CC3)cc2N2CCC3(CC2)CC3)nc(N2CCC(F)(F)CC2)n1. The fraction of sp³-hybridized carbons (Fsp3) is 0.593. The van der Waals surface area contributed by atoms with Crippen molar-refractivity contribution in [2.45, 2.75) is 74.4 Å². The van der Waals surface area contributed by atoms with Gasteiger partial charge in [0.15, 0.2) is 0 Å². The highest BCUT2D eigenvalue weighted by Crippen LogP contribution is 2.54. The Morgan fingerprint density at radius 1 is 0.972 bits per heavy atom. The number of rotatable bonds is 6. The summed E-state index contributed by atoms with van der Waals surface area (Å²) in [5.41, 5.74) is 2.90. The van der Waals surface area contributed by atoms with Gasteiger partial charge in [-0.05, 0) is 69.1 Å². The first-order chi connectivity index (χ1) is 17.3. The second kappa shape index (κ2) is 9.15. The Bertz CT molecular complexity index is 1150. The van der Waals surface area contributed by atoms with Crippen molar-refractivity contribution in [2.75, 3.05) is 41.3 Å². The predicted octanol–water partition coefficient (Wildman–Crippen LogP) is 5.91. The van der Waals surface area contributed by atoms with Gasteiger partial charge in [0, 0.05) is 60.9 Å². The van der Waals surface area contributed by atoms with Crippen molar-refractivity contribution >= 4 is 35.1 Å². The first-order valence-electron chi connectivity index (χ1n) is 13.1. The zero-order valence-electron chi connectivity index (χ0n) is 20.7. The molecule has 1 aromatic carbocycles. The van der Waals surface area contributed by atoms with Crippen LogP contribution in [-0.4, -0.2) is 53.2 Å². The summed E-state index contributed by atoms with van der Waals surface area (Å²) in [7, 11) is 0. The number of amides is 1. The van der Waals surface area contributed by atoms with E-state index in [0.29, 0.717) is 33.7 Å². The van der Waals surface area contributed by atoms with Gasteiger partial charge in [0.2, 0.25) is 5.95 Å². The lowest BCUT2D eigenvalue weighted by Crippen LogP contribution is -2.40. The molecule has 0 bridgehead atoms. The molecule has 3 heterocycles. The number of nitrogens with zero attached hydrogens (tertiary/aromatic N) is 4. The standard InChI is InChI=1S/C27H33F2N5OS/c1-18-16-23(32-25(30-18)34-14-10-27(28,29)11-15-34)31-24(35)21-5-4-20(36-19-2-3-19)17-22(21)33-12-8-26(6-7-26)9-13-33/h4-5,16-17,19H,2-3,6-15H2,1H3,(H,30,31,32,35). The largest absolute Gasteiger partial charge is 0.371 e. The van der Waals surface area contributed by atoms with Crippen LogP contribution < -0.4 is 15.1 Å². The maximum absolute atomic E-state index is 13.6. The molecule has 1 spiro atoms. The summed E-state index contributed by atoms with van der Waals surface area (Å²) in [5.74, 6) is -2.04. The monoisotopic (exact) mass is 513 g/mol. The number of nitrogens with one attached hydrogen (secondary N) is 1. The van der Waals surface area contributed by atoms with E-state index in [1.807, 2.05) is 24.8 Å². The molecule has 6 rings (SSSR count). The molecule has 4 fully saturated rings. The highest BCUT2D eigenvalue weighted by atomic mass is 32.2. The van der Waals surface area contributed by atoms with Crippen molar-refractivity contribution in [3.63, 3.8) is 0 Å². The highest BCUT2D eigenvalue weighted by Gasteiger charge is 2.44. The topological polar surface area (TPSA) is 61.4 Å². The summed E-state index contributed by atoms with van der Waals surface area (Å²) in [5, 5.41) is 3.68. The number of aryl methyl sites for hydroxylation is 1. The molecule has 2 aromatic rings. The van der Waals surface area contributed by atoms with Crippen LogP contribution in [0.4, 0.5) is 26.2 Å². The molecule has 4 aliphatic rings. The minimum absolute atomic E-state index is 0.199. The normalized spacial score (nSPS) is 22.5. The van der Waals surface area contributed by atoms with Crippen LogP contribution in [0.3, 0.4) is 0 Å². The van der Waals surface area contributed by atoms with Crippen molar-refractivity contribution < 1.29 is 13.6 Å². The lowest BCUT2D eigenvalue weighted by molar-refractivity contribution is -0.0222. The fourth-order valence-electron chi connectivity index (χ4n) is 5.29.